The molecular weight excluding hydrogens is 216 g/mol. The van der Waals surface area contributed by atoms with Crippen LogP contribution in [0.15, 0.2) is 0 Å². The lowest BCUT2D eigenvalue weighted by atomic mass is 10.1. The number of carbonyl (C=O) groups is 3. The minimum Gasteiger partial charge on any atom is -0.480 e. The van der Waals surface area contributed by atoms with Gasteiger partial charge in [0.1, 0.15) is 12.3 Å². The fourth-order valence-corrected chi connectivity index (χ4v) is 1.02. The van der Waals surface area contributed by atoms with Gasteiger partial charge in [0, 0.05) is 19.4 Å². The molecule has 0 aliphatic carbocycles. The first-order chi connectivity index (χ1) is 7.61. The Bertz CT molecular complexity index is 244. The van der Waals surface area contributed by atoms with Crippen molar-refractivity contribution in [1.29, 1.82) is 0 Å². The van der Waals surface area contributed by atoms with E-state index >= 15 is 0 Å². The third-order valence-corrected chi connectivity index (χ3v) is 1.93. The van der Waals surface area contributed by atoms with Gasteiger partial charge in [-0.1, -0.05) is 0 Å². The number of carbonyl (C=O) groups excluding carboxylic acids is 2. The van der Waals surface area contributed by atoms with E-state index < -0.39 is 12.0 Å². The van der Waals surface area contributed by atoms with E-state index in [4.69, 9.17) is 10.3 Å². The van der Waals surface area contributed by atoms with Gasteiger partial charge in [0.15, 0.2) is 0 Å². The minimum absolute atomic E-state index is 0.00530. The molecule has 0 saturated carbocycles. The minimum atomic E-state index is -1.21. The van der Waals surface area contributed by atoms with Crippen molar-refractivity contribution in [3.63, 3.8) is 0 Å². The molecule has 0 aromatic rings. The number of nitrogens with one attached hydrogen (secondary N) is 2. The van der Waals surface area contributed by atoms with Crippen LogP contribution in [0.1, 0.15) is 25.7 Å². The Kier molecular flexibility index (Phi) is 8.00. The molecular formula is C9H16N2O5. The van der Waals surface area contributed by atoms with Gasteiger partial charge >= 0.3 is 5.97 Å². The molecule has 1 amide bonds. The van der Waals surface area contributed by atoms with Gasteiger partial charge in [0.2, 0.25) is 5.91 Å². The summed E-state index contributed by atoms with van der Waals surface area (Å²) in [5.74, 6) is -1.51. The molecule has 0 aliphatic heterocycles. The summed E-state index contributed by atoms with van der Waals surface area (Å²) in [5.41, 5.74) is 1.61. The van der Waals surface area contributed by atoms with Crippen molar-refractivity contribution in [2.75, 3.05) is 6.54 Å². The topological polar surface area (TPSA) is 116 Å². The first-order valence-corrected chi connectivity index (χ1v) is 4.94. The zero-order chi connectivity index (χ0) is 12.4. The molecule has 0 unspecified atom stereocenters. The number of aliphatic carboxylic acids is 1. The van der Waals surface area contributed by atoms with Crippen LogP contribution in [0, 0.1) is 0 Å². The molecule has 4 N–H and O–H groups in total. The molecule has 16 heavy (non-hydrogen) atoms. The Labute approximate surface area is 92.8 Å². The van der Waals surface area contributed by atoms with Crippen LogP contribution in [-0.2, 0) is 14.4 Å². The van der Waals surface area contributed by atoms with Gasteiger partial charge in [-0.05, 0) is 12.8 Å². The van der Waals surface area contributed by atoms with Crippen LogP contribution >= 0.6 is 0 Å². The fraction of sp³-hybridized carbons (Fsp3) is 0.667. The van der Waals surface area contributed by atoms with Crippen LogP contribution in [0.2, 0.25) is 0 Å². The number of carboxylic acid groups (broad SMARTS) is 1. The van der Waals surface area contributed by atoms with E-state index in [1.54, 1.807) is 5.48 Å². The maximum absolute atomic E-state index is 11.1. The second-order valence-corrected chi connectivity index (χ2v) is 3.22. The van der Waals surface area contributed by atoms with E-state index in [1.807, 2.05) is 0 Å². The van der Waals surface area contributed by atoms with Gasteiger partial charge in [-0.2, -0.15) is 5.48 Å². The maximum atomic E-state index is 11.1. The zero-order valence-electron chi connectivity index (χ0n) is 8.81. The molecule has 7 nitrogen and oxygen atoms in total. The van der Waals surface area contributed by atoms with Crippen LogP contribution in [0.4, 0.5) is 0 Å². The number of rotatable bonds is 9. The fourth-order valence-electron chi connectivity index (χ4n) is 1.02. The average Bonchev–Trinajstić information content (AvgIpc) is 2.25. The van der Waals surface area contributed by atoms with Crippen molar-refractivity contribution in [3.05, 3.63) is 0 Å². The standard InChI is InChI=1S/C9H16N2O5/c12-6-2-1-5-10-8(13)4-3-7(11-16)9(14)15/h6-7,11,16H,1-5H2,(H,10,13)(H,14,15)/t7-/m0/s1. The number of hydrogen-bond donors (Lipinski definition) is 4. The van der Waals surface area contributed by atoms with Gasteiger partial charge in [-0.3, -0.25) is 9.59 Å². The third kappa shape index (κ3) is 6.91. The summed E-state index contributed by atoms with van der Waals surface area (Å²) in [7, 11) is 0. The lowest BCUT2D eigenvalue weighted by Crippen LogP contribution is -2.36. The highest BCUT2D eigenvalue weighted by Gasteiger charge is 2.16. The second kappa shape index (κ2) is 8.81. The zero-order valence-corrected chi connectivity index (χ0v) is 8.81. The number of aldehydes is 1. The molecule has 0 heterocycles. The Hall–Kier alpha value is -1.47. The van der Waals surface area contributed by atoms with Crippen LogP contribution in [0.5, 0.6) is 0 Å². The summed E-state index contributed by atoms with van der Waals surface area (Å²) in [6.07, 6.45) is 1.73. The molecule has 92 valence electrons. The van der Waals surface area contributed by atoms with Gasteiger partial charge in [-0.15, -0.1) is 0 Å². The van der Waals surface area contributed by atoms with Crippen molar-refractivity contribution in [1.82, 2.24) is 10.8 Å². The van der Waals surface area contributed by atoms with Crippen LogP contribution in [0.25, 0.3) is 0 Å². The summed E-state index contributed by atoms with van der Waals surface area (Å²) in [4.78, 5) is 31.6. The largest absolute Gasteiger partial charge is 0.480 e. The van der Waals surface area contributed by atoms with Gasteiger partial charge < -0.3 is 20.4 Å². The van der Waals surface area contributed by atoms with Gasteiger partial charge in [-0.25, -0.2) is 0 Å². The SMILES string of the molecule is O=CCCCNC(=O)CC[C@H](NO)C(=O)O. The summed E-state index contributed by atoms with van der Waals surface area (Å²) < 4.78 is 0. The van der Waals surface area contributed by atoms with E-state index in [0.717, 1.165) is 6.29 Å². The van der Waals surface area contributed by atoms with Crippen molar-refractivity contribution in [2.24, 2.45) is 0 Å². The molecule has 0 aromatic heterocycles. The highest BCUT2D eigenvalue weighted by Crippen LogP contribution is 1.97. The lowest BCUT2D eigenvalue weighted by molar-refractivity contribution is -0.142. The highest BCUT2D eigenvalue weighted by molar-refractivity contribution is 5.78. The van der Waals surface area contributed by atoms with Gasteiger partial charge in [0.05, 0.1) is 0 Å². The van der Waals surface area contributed by atoms with Crippen molar-refractivity contribution >= 4 is 18.2 Å². The first kappa shape index (κ1) is 14.5. The molecule has 0 radical (unpaired) electrons. The molecule has 0 spiro atoms. The quantitative estimate of drug-likeness (QED) is 0.237. The molecule has 1 atom stereocenters. The van der Waals surface area contributed by atoms with Crippen molar-refractivity contribution in [3.8, 4) is 0 Å². The van der Waals surface area contributed by atoms with E-state index in [1.165, 1.54) is 0 Å². The van der Waals surface area contributed by atoms with E-state index in [2.05, 4.69) is 5.32 Å². The lowest BCUT2D eigenvalue weighted by Gasteiger charge is -2.09. The summed E-state index contributed by atoms with van der Waals surface area (Å²) in [6, 6.07) is -1.14. The van der Waals surface area contributed by atoms with Crippen molar-refractivity contribution < 1.29 is 24.7 Å². The second-order valence-electron chi connectivity index (χ2n) is 3.22. The van der Waals surface area contributed by atoms with E-state index in [9.17, 15) is 14.4 Å². The van der Waals surface area contributed by atoms with E-state index in [0.29, 0.717) is 19.4 Å². The average molecular weight is 232 g/mol. The molecule has 0 saturated heterocycles. The summed E-state index contributed by atoms with van der Waals surface area (Å²) in [6.45, 7) is 0.391. The maximum Gasteiger partial charge on any atom is 0.323 e. The Morgan fingerprint density at radius 3 is 2.56 bits per heavy atom. The molecule has 7 heteroatoms. The predicted octanol–water partition coefficient (Wildman–Crippen LogP) is -0.706. The molecule has 0 aliphatic rings. The monoisotopic (exact) mass is 232 g/mol. The first-order valence-electron chi connectivity index (χ1n) is 4.94. The highest BCUT2D eigenvalue weighted by atomic mass is 16.5. The molecule has 0 fully saturated rings. The Morgan fingerprint density at radius 1 is 1.38 bits per heavy atom. The summed E-state index contributed by atoms with van der Waals surface area (Å²) >= 11 is 0. The van der Waals surface area contributed by atoms with Gasteiger partial charge in [0.25, 0.3) is 0 Å². The number of carboxylic acids is 1. The molecule has 0 rings (SSSR count). The van der Waals surface area contributed by atoms with Crippen LogP contribution in [0.3, 0.4) is 0 Å². The molecule has 0 aromatic carbocycles. The third-order valence-electron chi connectivity index (χ3n) is 1.93. The van der Waals surface area contributed by atoms with Crippen molar-refractivity contribution in [2.45, 2.75) is 31.7 Å². The number of amides is 1. The Morgan fingerprint density at radius 2 is 2.06 bits per heavy atom. The van der Waals surface area contributed by atoms with E-state index in [-0.39, 0.29) is 18.7 Å². The number of hydrogen-bond acceptors (Lipinski definition) is 5. The summed E-state index contributed by atoms with van der Waals surface area (Å²) in [5, 5.41) is 19.5. The van der Waals surface area contributed by atoms with Crippen LogP contribution in [-0.4, -0.2) is 41.1 Å². The number of hydroxylamine groups is 1. The predicted molar refractivity (Wildman–Crippen MR) is 53.9 cm³/mol. The molecule has 0 bridgehead atoms. The smallest absolute Gasteiger partial charge is 0.323 e. The Balaban J connectivity index is 3.63. The van der Waals surface area contributed by atoms with Crippen LogP contribution < -0.4 is 10.8 Å². The normalized spacial score (nSPS) is 11.8. The number of unbranched alkanes of at least 4 members (excludes halogenated alkanes) is 1.